The third-order valence-electron chi connectivity index (χ3n) is 4.70. The van der Waals surface area contributed by atoms with Gasteiger partial charge >= 0.3 is 0 Å². The third-order valence-corrected chi connectivity index (χ3v) is 4.70. The van der Waals surface area contributed by atoms with Crippen molar-refractivity contribution >= 4 is 16.7 Å². The Hall–Kier alpha value is -3.72. The van der Waals surface area contributed by atoms with Crippen molar-refractivity contribution in [3.63, 3.8) is 0 Å². The second-order valence-corrected chi connectivity index (χ2v) is 6.83. The maximum atomic E-state index is 9.29. The lowest BCUT2D eigenvalue weighted by Gasteiger charge is -2.08. The normalized spacial score (nSPS) is 11.9. The minimum absolute atomic E-state index is 0.172. The summed E-state index contributed by atoms with van der Waals surface area (Å²) in [5.41, 5.74) is 0.214. The zero-order chi connectivity index (χ0) is 20.2. The minimum Gasteiger partial charge on any atom is -0.486 e. The molecule has 6 heteroatoms. The Morgan fingerprint density at radius 3 is 2.72 bits per heavy atom. The molecule has 4 aromatic rings. The van der Waals surface area contributed by atoms with Gasteiger partial charge in [-0.3, -0.25) is 0 Å². The molecule has 0 aliphatic carbocycles. The molecule has 0 fully saturated rings. The van der Waals surface area contributed by atoms with Gasteiger partial charge < -0.3 is 18.9 Å². The Morgan fingerprint density at radius 1 is 1.10 bits per heavy atom. The van der Waals surface area contributed by atoms with Crippen LogP contribution in [0.25, 0.3) is 22.4 Å². The lowest BCUT2D eigenvalue weighted by atomic mass is 10.1. The van der Waals surface area contributed by atoms with Crippen molar-refractivity contribution < 1.29 is 13.6 Å². The van der Waals surface area contributed by atoms with Crippen molar-refractivity contribution in [3.8, 4) is 23.5 Å². The maximum Gasteiger partial charge on any atom is 0.266 e. The fourth-order valence-electron chi connectivity index (χ4n) is 2.91. The Labute approximate surface area is 168 Å². The number of nitriles is 1. The summed E-state index contributed by atoms with van der Waals surface area (Å²) in [6.45, 7) is 4.34. The number of ether oxygens (including phenoxy) is 1. The summed E-state index contributed by atoms with van der Waals surface area (Å²) in [4.78, 5) is 4.23. The molecule has 0 aliphatic heterocycles. The Balaban J connectivity index is 1.47. The van der Waals surface area contributed by atoms with E-state index in [2.05, 4.69) is 23.3 Å². The van der Waals surface area contributed by atoms with Gasteiger partial charge in [0.2, 0.25) is 11.6 Å². The quantitative estimate of drug-likeness (QED) is 0.435. The molecule has 6 nitrogen and oxygen atoms in total. The van der Waals surface area contributed by atoms with Crippen LogP contribution in [0.1, 0.15) is 31.7 Å². The van der Waals surface area contributed by atoms with Crippen LogP contribution >= 0.6 is 0 Å². The van der Waals surface area contributed by atoms with E-state index in [1.54, 1.807) is 6.07 Å². The highest BCUT2D eigenvalue weighted by atomic mass is 16.5. The second kappa shape index (κ2) is 8.11. The largest absolute Gasteiger partial charge is 0.486 e. The van der Waals surface area contributed by atoms with E-state index in [-0.39, 0.29) is 24.2 Å². The van der Waals surface area contributed by atoms with Crippen LogP contribution in [0.15, 0.2) is 63.4 Å². The number of nitrogens with zero attached hydrogens (tertiary/aromatic N) is 2. The first-order valence-corrected chi connectivity index (χ1v) is 9.54. The van der Waals surface area contributed by atoms with Gasteiger partial charge in [-0.15, -0.1) is 0 Å². The van der Waals surface area contributed by atoms with Crippen LogP contribution in [0.3, 0.4) is 0 Å². The molecule has 146 valence electrons. The van der Waals surface area contributed by atoms with Gasteiger partial charge in [-0.25, -0.2) is 0 Å². The van der Waals surface area contributed by atoms with Crippen molar-refractivity contribution in [2.75, 3.05) is 5.32 Å². The first kappa shape index (κ1) is 18.6. The number of nitrogens with one attached hydrogen (secondary N) is 1. The molecule has 0 radical (unpaired) electrons. The summed E-state index contributed by atoms with van der Waals surface area (Å²) in [7, 11) is 0. The average Bonchev–Trinajstić information content (AvgIpc) is 3.38. The van der Waals surface area contributed by atoms with Crippen LogP contribution in [0, 0.1) is 11.3 Å². The van der Waals surface area contributed by atoms with E-state index >= 15 is 0 Å². The van der Waals surface area contributed by atoms with E-state index in [1.807, 2.05) is 55.5 Å². The number of furan rings is 1. The van der Waals surface area contributed by atoms with Crippen LogP contribution in [0.2, 0.25) is 0 Å². The summed E-state index contributed by atoms with van der Waals surface area (Å²) in [6, 6.07) is 19.9. The summed E-state index contributed by atoms with van der Waals surface area (Å²) >= 11 is 0. The zero-order valence-corrected chi connectivity index (χ0v) is 16.3. The van der Waals surface area contributed by atoms with Gasteiger partial charge in [-0.1, -0.05) is 37.3 Å². The molecular weight excluding hydrogens is 366 g/mol. The van der Waals surface area contributed by atoms with Crippen molar-refractivity contribution in [1.29, 1.82) is 5.26 Å². The minimum atomic E-state index is 0.172. The Bertz CT molecular complexity index is 1170. The number of oxazole rings is 1. The van der Waals surface area contributed by atoms with E-state index in [1.165, 1.54) is 5.39 Å². The topological polar surface area (TPSA) is 84.2 Å². The molecular formula is C23H21N3O3. The lowest BCUT2D eigenvalue weighted by molar-refractivity contribution is 0.271. The number of fused-ring (bicyclic) bond motifs is 1. The van der Waals surface area contributed by atoms with Gasteiger partial charge in [-0.2, -0.15) is 10.2 Å². The van der Waals surface area contributed by atoms with Crippen LogP contribution in [0.4, 0.5) is 5.88 Å². The molecule has 0 aliphatic rings. The summed E-state index contributed by atoms with van der Waals surface area (Å²) < 4.78 is 17.4. The number of anilines is 1. The van der Waals surface area contributed by atoms with Crippen molar-refractivity contribution in [2.45, 2.75) is 32.9 Å². The summed E-state index contributed by atoms with van der Waals surface area (Å²) in [6.07, 6.45) is 0.901. The number of aromatic nitrogens is 1. The molecule has 0 unspecified atom stereocenters. The molecule has 4 rings (SSSR count). The van der Waals surface area contributed by atoms with Crippen LogP contribution in [-0.2, 0) is 6.61 Å². The van der Waals surface area contributed by atoms with E-state index < -0.39 is 0 Å². The Kier molecular flexibility index (Phi) is 5.21. The smallest absolute Gasteiger partial charge is 0.266 e. The van der Waals surface area contributed by atoms with Gasteiger partial charge in [0.15, 0.2) is 5.76 Å². The monoisotopic (exact) mass is 387 g/mol. The molecule has 0 saturated carbocycles. The molecule has 1 atom stereocenters. The fraction of sp³-hybridized carbons (Fsp3) is 0.217. The Morgan fingerprint density at radius 2 is 1.93 bits per heavy atom. The fourth-order valence-corrected chi connectivity index (χ4v) is 2.91. The molecule has 1 N–H and O–H groups in total. The standard InChI is InChI=1S/C23H21N3O3/c1-3-15(2)25-22-20(13-24)26-23(29-22)21-11-10-19(28-21)14-27-18-9-8-16-6-4-5-7-17(16)12-18/h4-12,15,25H,3,14H2,1-2H3/t15-/m0/s1. The molecule has 0 spiro atoms. The number of benzene rings is 2. The third kappa shape index (κ3) is 4.09. The highest BCUT2D eigenvalue weighted by molar-refractivity contribution is 5.83. The predicted molar refractivity (Wildman–Crippen MR) is 111 cm³/mol. The molecule has 29 heavy (non-hydrogen) atoms. The van der Waals surface area contributed by atoms with Gasteiger partial charge in [0, 0.05) is 6.04 Å². The molecule has 0 bridgehead atoms. The van der Waals surface area contributed by atoms with Gasteiger partial charge in [0.1, 0.15) is 24.2 Å². The number of rotatable bonds is 7. The summed E-state index contributed by atoms with van der Waals surface area (Å²) in [5.74, 6) is 2.49. The summed E-state index contributed by atoms with van der Waals surface area (Å²) in [5, 5.41) is 14.7. The van der Waals surface area contributed by atoms with E-state index in [9.17, 15) is 5.26 Å². The van der Waals surface area contributed by atoms with E-state index in [0.29, 0.717) is 17.4 Å². The highest BCUT2D eigenvalue weighted by Gasteiger charge is 2.18. The zero-order valence-electron chi connectivity index (χ0n) is 16.3. The van der Waals surface area contributed by atoms with Crippen LogP contribution < -0.4 is 10.1 Å². The molecule has 0 amide bonds. The molecule has 2 aromatic carbocycles. The highest BCUT2D eigenvalue weighted by Crippen LogP contribution is 2.28. The van der Waals surface area contributed by atoms with Crippen molar-refractivity contribution in [3.05, 3.63) is 66.1 Å². The first-order chi connectivity index (χ1) is 14.2. The number of hydrogen-bond donors (Lipinski definition) is 1. The second-order valence-electron chi connectivity index (χ2n) is 6.83. The molecule has 2 aromatic heterocycles. The van der Waals surface area contributed by atoms with Crippen molar-refractivity contribution in [1.82, 2.24) is 4.98 Å². The number of hydrogen-bond acceptors (Lipinski definition) is 6. The lowest BCUT2D eigenvalue weighted by Crippen LogP contribution is -2.13. The van der Waals surface area contributed by atoms with E-state index in [0.717, 1.165) is 17.6 Å². The van der Waals surface area contributed by atoms with Gasteiger partial charge in [-0.05, 0) is 48.4 Å². The average molecular weight is 387 g/mol. The predicted octanol–water partition coefficient (Wildman–Crippen LogP) is 5.75. The SMILES string of the molecule is CC[C@H](C)Nc1oc(-c2ccc(COc3ccc4ccccc4c3)o2)nc1C#N. The first-order valence-electron chi connectivity index (χ1n) is 9.54. The van der Waals surface area contributed by atoms with Crippen LogP contribution in [-0.4, -0.2) is 11.0 Å². The van der Waals surface area contributed by atoms with Crippen molar-refractivity contribution in [2.24, 2.45) is 0 Å². The molecule has 2 heterocycles. The van der Waals surface area contributed by atoms with E-state index in [4.69, 9.17) is 13.6 Å². The molecule has 0 saturated heterocycles. The maximum absolute atomic E-state index is 9.29. The van der Waals surface area contributed by atoms with Crippen LogP contribution in [0.5, 0.6) is 5.75 Å². The van der Waals surface area contributed by atoms with Gasteiger partial charge in [0.05, 0.1) is 0 Å². The van der Waals surface area contributed by atoms with Gasteiger partial charge in [0.25, 0.3) is 5.89 Å².